The van der Waals surface area contributed by atoms with Gasteiger partial charge in [0.1, 0.15) is 0 Å². The molecule has 1 aromatic heterocycles. The lowest BCUT2D eigenvalue weighted by Crippen LogP contribution is -2.39. The maximum atomic E-state index is 4.53. The van der Waals surface area contributed by atoms with Crippen molar-refractivity contribution >= 4 is 10.9 Å². The van der Waals surface area contributed by atoms with Crippen LogP contribution in [-0.2, 0) is 6.42 Å². The summed E-state index contributed by atoms with van der Waals surface area (Å²) in [5.41, 5.74) is 2.65. The number of piperidine rings is 1. The van der Waals surface area contributed by atoms with E-state index in [1.54, 1.807) is 0 Å². The lowest BCUT2D eigenvalue weighted by atomic mass is 9.75. The lowest BCUT2D eigenvalue weighted by Gasteiger charge is -2.38. The maximum Gasteiger partial charge on any atom is 0.0704 e. The van der Waals surface area contributed by atoms with Gasteiger partial charge in [0.05, 0.1) is 5.52 Å². The third-order valence-corrected chi connectivity index (χ3v) is 7.87. The molecular formula is C25H34N2. The molecule has 5 rings (SSSR count). The van der Waals surface area contributed by atoms with Crippen molar-refractivity contribution in [1.82, 2.24) is 9.88 Å². The second kappa shape index (κ2) is 7.91. The molecule has 2 heterocycles. The van der Waals surface area contributed by atoms with Gasteiger partial charge >= 0.3 is 0 Å². The van der Waals surface area contributed by atoms with Crippen molar-refractivity contribution in [1.29, 1.82) is 0 Å². The zero-order chi connectivity index (χ0) is 18.1. The molecule has 2 nitrogen and oxygen atoms in total. The first-order chi connectivity index (χ1) is 13.3. The lowest BCUT2D eigenvalue weighted by molar-refractivity contribution is 0.119. The number of hydrogen-bond donors (Lipinski definition) is 0. The molecule has 1 saturated heterocycles. The smallest absolute Gasteiger partial charge is 0.0704 e. The molecule has 144 valence electrons. The van der Waals surface area contributed by atoms with Crippen LogP contribution in [0.1, 0.15) is 56.9 Å². The Labute approximate surface area is 164 Å². The Balaban J connectivity index is 1.14. The highest BCUT2D eigenvalue weighted by Gasteiger charge is 2.34. The Bertz CT molecular complexity index is 757. The fourth-order valence-electron chi connectivity index (χ4n) is 6.35. The number of fused-ring (bicyclic) bond motifs is 2. The number of benzene rings is 1. The van der Waals surface area contributed by atoms with E-state index in [0.29, 0.717) is 0 Å². The van der Waals surface area contributed by atoms with E-state index >= 15 is 0 Å². The van der Waals surface area contributed by atoms with Crippen molar-refractivity contribution < 1.29 is 0 Å². The minimum absolute atomic E-state index is 0.845. The SMILES string of the molecule is c1ccc2c(CC3CCN(CC4CCC5CCCC5C4)CC3)ccnc2c1. The molecule has 0 bridgehead atoms. The van der Waals surface area contributed by atoms with Crippen LogP contribution in [0.5, 0.6) is 0 Å². The van der Waals surface area contributed by atoms with E-state index in [1.165, 1.54) is 88.4 Å². The Kier molecular flexibility index (Phi) is 5.18. The van der Waals surface area contributed by atoms with Crippen LogP contribution in [0.25, 0.3) is 10.9 Å². The summed E-state index contributed by atoms with van der Waals surface area (Å²) in [6, 6.07) is 10.9. The number of aromatic nitrogens is 1. The fourth-order valence-corrected chi connectivity index (χ4v) is 6.35. The van der Waals surface area contributed by atoms with E-state index in [1.807, 2.05) is 6.20 Å². The molecule has 3 atom stereocenters. The molecule has 2 heteroatoms. The first-order valence-electron chi connectivity index (χ1n) is 11.4. The van der Waals surface area contributed by atoms with Crippen LogP contribution in [0.2, 0.25) is 0 Å². The van der Waals surface area contributed by atoms with Gasteiger partial charge in [0.15, 0.2) is 0 Å². The summed E-state index contributed by atoms with van der Waals surface area (Å²) in [5.74, 6) is 4.02. The average Bonchev–Trinajstić information content (AvgIpc) is 3.18. The Morgan fingerprint density at radius 3 is 2.63 bits per heavy atom. The molecule has 2 aliphatic carbocycles. The van der Waals surface area contributed by atoms with Gasteiger partial charge in [0, 0.05) is 18.1 Å². The molecule has 3 fully saturated rings. The number of pyridine rings is 1. The summed E-state index contributed by atoms with van der Waals surface area (Å²) in [7, 11) is 0. The van der Waals surface area contributed by atoms with Crippen LogP contribution in [0, 0.1) is 23.7 Å². The number of likely N-dealkylation sites (tertiary alicyclic amines) is 1. The van der Waals surface area contributed by atoms with Crippen molar-refractivity contribution in [2.45, 2.75) is 57.8 Å². The van der Waals surface area contributed by atoms with Gasteiger partial charge in [0.25, 0.3) is 0 Å². The molecule has 0 amide bonds. The third kappa shape index (κ3) is 3.92. The van der Waals surface area contributed by atoms with Gasteiger partial charge in [-0.2, -0.15) is 0 Å². The van der Waals surface area contributed by atoms with Crippen molar-refractivity contribution in [2.75, 3.05) is 19.6 Å². The normalized spacial score (nSPS) is 29.9. The van der Waals surface area contributed by atoms with Gasteiger partial charge in [-0.1, -0.05) is 37.5 Å². The summed E-state index contributed by atoms with van der Waals surface area (Å²) >= 11 is 0. The van der Waals surface area contributed by atoms with Crippen LogP contribution in [0.4, 0.5) is 0 Å². The maximum absolute atomic E-state index is 4.53. The van der Waals surface area contributed by atoms with Crippen LogP contribution >= 0.6 is 0 Å². The van der Waals surface area contributed by atoms with Gasteiger partial charge < -0.3 is 4.90 Å². The molecule has 2 aromatic rings. The van der Waals surface area contributed by atoms with Gasteiger partial charge in [-0.05, 0) is 93.0 Å². The number of para-hydroxylation sites is 1. The average molecular weight is 363 g/mol. The standard InChI is InChI=1S/C25H34N2/c1-2-7-25-24(6-1)23(10-13-26-25)16-19-11-14-27(15-12-19)18-20-8-9-21-4-3-5-22(21)17-20/h1-2,6-7,10,13,19-22H,3-5,8-9,11-12,14-18H2. The van der Waals surface area contributed by atoms with E-state index < -0.39 is 0 Å². The second-order valence-electron chi connectivity index (χ2n) is 9.57. The van der Waals surface area contributed by atoms with Crippen LogP contribution in [0.15, 0.2) is 36.5 Å². The van der Waals surface area contributed by atoms with E-state index in [-0.39, 0.29) is 0 Å². The predicted octanol–water partition coefficient (Wildman–Crippen LogP) is 5.71. The molecule has 1 aliphatic heterocycles. The summed E-state index contributed by atoms with van der Waals surface area (Å²) < 4.78 is 0. The molecule has 0 N–H and O–H groups in total. The molecule has 2 saturated carbocycles. The van der Waals surface area contributed by atoms with Crippen molar-refractivity contribution in [3.05, 3.63) is 42.1 Å². The number of rotatable bonds is 4. The van der Waals surface area contributed by atoms with E-state index in [4.69, 9.17) is 0 Å². The van der Waals surface area contributed by atoms with Crippen LogP contribution in [-0.4, -0.2) is 29.5 Å². The van der Waals surface area contributed by atoms with Crippen molar-refractivity contribution in [3.8, 4) is 0 Å². The number of nitrogens with zero attached hydrogens (tertiary/aromatic N) is 2. The van der Waals surface area contributed by atoms with Gasteiger partial charge in [-0.3, -0.25) is 4.98 Å². The first-order valence-corrected chi connectivity index (χ1v) is 11.4. The van der Waals surface area contributed by atoms with E-state index in [2.05, 4.69) is 40.2 Å². The molecule has 0 radical (unpaired) electrons. The molecule has 3 unspecified atom stereocenters. The second-order valence-corrected chi connectivity index (χ2v) is 9.57. The molecular weight excluding hydrogens is 328 g/mol. The van der Waals surface area contributed by atoms with Crippen LogP contribution in [0.3, 0.4) is 0 Å². The highest BCUT2D eigenvalue weighted by molar-refractivity contribution is 5.81. The molecule has 27 heavy (non-hydrogen) atoms. The first kappa shape index (κ1) is 17.7. The zero-order valence-electron chi connectivity index (χ0n) is 16.7. The highest BCUT2D eigenvalue weighted by Crippen LogP contribution is 2.44. The Hall–Kier alpha value is -1.41. The molecule has 1 aromatic carbocycles. The minimum Gasteiger partial charge on any atom is -0.303 e. The largest absolute Gasteiger partial charge is 0.303 e. The van der Waals surface area contributed by atoms with Gasteiger partial charge in [-0.15, -0.1) is 0 Å². The highest BCUT2D eigenvalue weighted by atomic mass is 15.1. The summed E-state index contributed by atoms with van der Waals surface area (Å²) in [5, 5.41) is 1.36. The third-order valence-electron chi connectivity index (χ3n) is 7.87. The monoisotopic (exact) mass is 362 g/mol. The van der Waals surface area contributed by atoms with Gasteiger partial charge in [-0.25, -0.2) is 0 Å². The molecule has 3 aliphatic rings. The van der Waals surface area contributed by atoms with E-state index in [0.717, 1.165) is 29.2 Å². The topological polar surface area (TPSA) is 16.1 Å². The van der Waals surface area contributed by atoms with E-state index in [9.17, 15) is 0 Å². The number of hydrogen-bond acceptors (Lipinski definition) is 2. The predicted molar refractivity (Wildman–Crippen MR) is 113 cm³/mol. The zero-order valence-corrected chi connectivity index (χ0v) is 16.7. The Morgan fingerprint density at radius 2 is 1.70 bits per heavy atom. The van der Waals surface area contributed by atoms with Crippen molar-refractivity contribution in [3.63, 3.8) is 0 Å². The minimum atomic E-state index is 0.845. The molecule has 0 spiro atoms. The quantitative estimate of drug-likeness (QED) is 0.693. The van der Waals surface area contributed by atoms with Gasteiger partial charge in [0.2, 0.25) is 0 Å². The van der Waals surface area contributed by atoms with Crippen molar-refractivity contribution in [2.24, 2.45) is 23.7 Å². The van der Waals surface area contributed by atoms with Crippen LogP contribution < -0.4 is 0 Å². The summed E-state index contributed by atoms with van der Waals surface area (Å²) in [6.45, 7) is 4.02. The Morgan fingerprint density at radius 1 is 0.852 bits per heavy atom. The summed E-state index contributed by atoms with van der Waals surface area (Å²) in [4.78, 5) is 7.32. The summed E-state index contributed by atoms with van der Waals surface area (Å²) in [6.07, 6.45) is 15.1. The fraction of sp³-hybridized carbons (Fsp3) is 0.640.